The third kappa shape index (κ3) is 3.15. The Hall–Kier alpha value is -2.11. The van der Waals surface area contributed by atoms with Crippen molar-refractivity contribution in [2.45, 2.75) is 33.1 Å². The molecule has 2 rings (SSSR count). The SMILES string of the molecule is CCC1(C)CCN(C(=O)c2ccc(N)c([N+](=O)[O-])c2)CC1. The lowest BCUT2D eigenvalue weighted by Gasteiger charge is -2.38. The largest absolute Gasteiger partial charge is 0.393 e. The van der Waals surface area contributed by atoms with Gasteiger partial charge in [0.25, 0.3) is 11.6 Å². The summed E-state index contributed by atoms with van der Waals surface area (Å²) in [6, 6.07) is 4.25. The minimum atomic E-state index is -0.559. The van der Waals surface area contributed by atoms with Crippen LogP contribution in [0.1, 0.15) is 43.5 Å². The van der Waals surface area contributed by atoms with Gasteiger partial charge in [-0.25, -0.2) is 0 Å². The number of piperidine rings is 1. The molecule has 1 heterocycles. The number of nitro benzene ring substituents is 1. The van der Waals surface area contributed by atoms with Gasteiger partial charge in [0, 0.05) is 24.7 Å². The highest BCUT2D eigenvalue weighted by atomic mass is 16.6. The zero-order valence-electron chi connectivity index (χ0n) is 12.5. The highest BCUT2D eigenvalue weighted by Crippen LogP contribution is 2.34. The van der Waals surface area contributed by atoms with Crippen molar-refractivity contribution in [2.24, 2.45) is 5.41 Å². The smallest absolute Gasteiger partial charge is 0.292 e. The van der Waals surface area contributed by atoms with E-state index in [0.29, 0.717) is 24.1 Å². The molecule has 0 unspecified atom stereocenters. The van der Waals surface area contributed by atoms with Crippen LogP contribution in [0.25, 0.3) is 0 Å². The summed E-state index contributed by atoms with van der Waals surface area (Å²) in [6.07, 6.45) is 3.03. The van der Waals surface area contributed by atoms with E-state index in [1.807, 2.05) is 0 Å². The summed E-state index contributed by atoms with van der Waals surface area (Å²) in [5.41, 5.74) is 6.05. The van der Waals surface area contributed by atoms with E-state index in [1.165, 1.54) is 12.1 Å². The maximum atomic E-state index is 12.4. The topological polar surface area (TPSA) is 89.5 Å². The van der Waals surface area contributed by atoms with Crippen LogP contribution in [0.4, 0.5) is 11.4 Å². The molecule has 0 radical (unpaired) electrons. The number of benzene rings is 1. The van der Waals surface area contributed by atoms with Crippen LogP contribution in [-0.4, -0.2) is 28.8 Å². The number of amides is 1. The number of rotatable bonds is 3. The van der Waals surface area contributed by atoms with E-state index >= 15 is 0 Å². The van der Waals surface area contributed by atoms with Crippen molar-refractivity contribution in [1.82, 2.24) is 4.90 Å². The van der Waals surface area contributed by atoms with Gasteiger partial charge >= 0.3 is 0 Å². The van der Waals surface area contributed by atoms with Crippen LogP contribution in [0.3, 0.4) is 0 Å². The van der Waals surface area contributed by atoms with Crippen LogP contribution in [0.15, 0.2) is 18.2 Å². The van der Waals surface area contributed by atoms with Crippen LogP contribution >= 0.6 is 0 Å². The van der Waals surface area contributed by atoms with Crippen molar-refractivity contribution in [1.29, 1.82) is 0 Å². The predicted molar refractivity (Wildman–Crippen MR) is 81.0 cm³/mol. The molecule has 2 N–H and O–H groups in total. The average Bonchev–Trinajstić information content (AvgIpc) is 2.47. The quantitative estimate of drug-likeness (QED) is 0.527. The molecule has 0 spiro atoms. The zero-order chi connectivity index (χ0) is 15.6. The summed E-state index contributed by atoms with van der Waals surface area (Å²) in [6.45, 7) is 5.80. The number of anilines is 1. The highest BCUT2D eigenvalue weighted by molar-refractivity contribution is 5.95. The Kier molecular flexibility index (Phi) is 4.16. The molecule has 1 fully saturated rings. The molecule has 1 aliphatic rings. The second kappa shape index (κ2) is 5.71. The van der Waals surface area contributed by atoms with Crippen molar-refractivity contribution >= 4 is 17.3 Å². The summed E-state index contributed by atoms with van der Waals surface area (Å²) in [4.78, 5) is 24.6. The van der Waals surface area contributed by atoms with Crippen LogP contribution < -0.4 is 5.73 Å². The van der Waals surface area contributed by atoms with Crippen LogP contribution in [0.5, 0.6) is 0 Å². The normalized spacial score (nSPS) is 17.5. The molecule has 1 aromatic carbocycles. The first kappa shape index (κ1) is 15.3. The molecule has 6 nitrogen and oxygen atoms in total. The number of carbonyl (C=O) groups is 1. The van der Waals surface area contributed by atoms with Gasteiger partial charge in [-0.15, -0.1) is 0 Å². The summed E-state index contributed by atoms with van der Waals surface area (Å²) < 4.78 is 0. The molecule has 6 heteroatoms. The van der Waals surface area contributed by atoms with E-state index < -0.39 is 4.92 Å². The molecule has 1 saturated heterocycles. The molecule has 0 atom stereocenters. The van der Waals surface area contributed by atoms with E-state index in [2.05, 4.69) is 13.8 Å². The van der Waals surface area contributed by atoms with Crippen LogP contribution in [0, 0.1) is 15.5 Å². The highest BCUT2D eigenvalue weighted by Gasteiger charge is 2.31. The zero-order valence-corrected chi connectivity index (χ0v) is 12.5. The number of hydrogen-bond donors (Lipinski definition) is 1. The maximum Gasteiger partial charge on any atom is 0.292 e. The van der Waals surface area contributed by atoms with Gasteiger partial charge in [0.2, 0.25) is 0 Å². The van der Waals surface area contributed by atoms with E-state index in [9.17, 15) is 14.9 Å². The Morgan fingerprint density at radius 3 is 2.57 bits per heavy atom. The number of nitrogen functional groups attached to an aromatic ring is 1. The Balaban J connectivity index is 2.15. The summed E-state index contributed by atoms with van der Waals surface area (Å²) in [5, 5.41) is 10.9. The summed E-state index contributed by atoms with van der Waals surface area (Å²) >= 11 is 0. The molecule has 0 saturated carbocycles. The predicted octanol–water partition coefficient (Wildman–Crippen LogP) is 2.83. The lowest BCUT2D eigenvalue weighted by atomic mass is 9.78. The van der Waals surface area contributed by atoms with E-state index in [1.54, 1.807) is 11.0 Å². The van der Waals surface area contributed by atoms with Gasteiger partial charge in [-0.3, -0.25) is 14.9 Å². The van der Waals surface area contributed by atoms with Crippen LogP contribution in [-0.2, 0) is 0 Å². The van der Waals surface area contributed by atoms with Gasteiger partial charge in [0.15, 0.2) is 0 Å². The van der Waals surface area contributed by atoms with Crippen LogP contribution in [0.2, 0.25) is 0 Å². The van der Waals surface area contributed by atoms with Gasteiger partial charge in [0.05, 0.1) is 4.92 Å². The van der Waals surface area contributed by atoms with Crippen molar-refractivity contribution in [3.63, 3.8) is 0 Å². The molecule has 114 valence electrons. The number of nitro groups is 1. The third-order valence-corrected chi connectivity index (χ3v) is 4.59. The number of nitrogens with zero attached hydrogens (tertiary/aromatic N) is 2. The number of hydrogen-bond acceptors (Lipinski definition) is 4. The Labute approximate surface area is 124 Å². The van der Waals surface area contributed by atoms with Gasteiger partial charge in [-0.1, -0.05) is 20.3 Å². The minimum absolute atomic E-state index is 0.0775. The van der Waals surface area contributed by atoms with Gasteiger partial charge in [-0.05, 0) is 30.4 Å². The Morgan fingerprint density at radius 2 is 2.05 bits per heavy atom. The fourth-order valence-corrected chi connectivity index (χ4v) is 2.62. The Morgan fingerprint density at radius 1 is 1.43 bits per heavy atom. The van der Waals surface area contributed by atoms with E-state index in [0.717, 1.165) is 19.3 Å². The molecular formula is C15H21N3O3. The molecular weight excluding hydrogens is 270 g/mol. The first-order valence-corrected chi connectivity index (χ1v) is 7.19. The fraction of sp³-hybridized carbons (Fsp3) is 0.533. The third-order valence-electron chi connectivity index (χ3n) is 4.59. The molecule has 21 heavy (non-hydrogen) atoms. The maximum absolute atomic E-state index is 12.4. The van der Waals surface area contributed by atoms with Gasteiger partial charge < -0.3 is 10.6 Å². The Bertz CT molecular complexity index is 563. The van der Waals surface area contributed by atoms with Gasteiger partial charge in [-0.2, -0.15) is 0 Å². The number of likely N-dealkylation sites (tertiary alicyclic amines) is 1. The second-order valence-electron chi connectivity index (χ2n) is 5.99. The monoisotopic (exact) mass is 291 g/mol. The van der Waals surface area contributed by atoms with Gasteiger partial charge in [0.1, 0.15) is 5.69 Å². The number of nitrogens with two attached hydrogens (primary N) is 1. The average molecular weight is 291 g/mol. The first-order valence-electron chi connectivity index (χ1n) is 7.19. The van der Waals surface area contributed by atoms with Crippen molar-refractivity contribution in [2.75, 3.05) is 18.8 Å². The molecule has 0 aromatic heterocycles. The van der Waals surface area contributed by atoms with E-state index in [4.69, 9.17) is 5.73 Å². The lowest BCUT2D eigenvalue weighted by Crippen LogP contribution is -2.41. The van der Waals surface area contributed by atoms with Crippen molar-refractivity contribution < 1.29 is 9.72 Å². The fourth-order valence-electron chi connectivity index (χ4n) is 2.62. The second-order valence-corrected chi connectivity index (χ2v) is 5.99. The van der Waals surface area contributed by atoms with Crippen molar-refractivity contribution in [3.8, 4) is 0 Å². The first-order chi connectivity index (χ1) is 9.86. The minimum Gasteiger partial charge on any atom is -0.393 e. The molecule has 1 aliphatic heterocycles. The molecule has 0 bridgehead atoms. The molecule has 0 aliphatic carbocycles. The summed E-state index contributed by atoms with van der Waals surface area (Å²) in [7, 11) is 0. The molecule has 1 amide bonds. The summed E-state index contributed by atoms with van der Waals surface area (Å²) in [5.74, 6) is -0.156. The molecule has 1 aromatic rings. The number of carbonyl (C=O) groups excluding carboxylic acids is 1. The van der Waals surface area contributed by atoms with E-state index in [-0.39, 0.29) is 17.3 Å². The lowest BCUT2D eigenvalue weighted by molar-refractivity contribution is -0.383. The van der Waals surface area contributed by atoms with Crippen molar-refractivity contribution in [3.05, 3.63) is 33.9 Å². The standard InChI is InChI=1S/C15H21N3O3/c1-3-15(2)6-8-17(9-7-15)14(19)11-4-5-12(16)13(10-11)18(20)21/h4-5,10H,3,6-9,16H2,1-2H3.